The first kappa shape index (κ1) is 24.8. The molecule has 0 atom stereocenters. The van der Waals surface area contributed by atoms with Crippen LogP contribution in [0.25, 0.3) is 0 Å². The number of hydrogen-bond donors (Lipinski definition) is 2. The van der Waals surface area contributed by atoms with Crippen LogP contribution in [-0.4, -0.2) is 9.79 Å². The van der Waals surface area contributed by atoms with Crippen LogP contribution < -0.4 is 0 Å². The van der Waals surface area contributed by atoms with Gasteiger partial charge in [0.05, 0.1) is 0 Å². The topological polar surface area (TPSA) is 66.8 Å². The molecule has 2 aromatic rings. The van der Waals surface area contributed by atoms with Crippen LogP contribution >= 0.6 is 7.82 Å². The second-order valence-electron chi connectivity index (χ2n) is 8.07. The van der Waals surface area contributed by atoms with Gasteiger partial charge in [-0.2, -0.15) is 0 Å². The second-order valence-corrected chi connectivity index (χ2v) is 9.24. The Kier molecular flexibility index (Phi) is 10.8. The summed E-state index contributed by atoms with van der Waals surface area (Å²) in [6.07, 6.45) is 12.6. The molecule has 30 heavy (non-hydrogen) atoms. The van der Waals surface area contributed by atoms with E-state index in [0.29, 0.717) is 6.42 Å². The van der Waals surface area contributed by atoms with E-state index >= 15 is 0 Å². The second kappa shape index (κ2) is 13.1. The summed E-state index contributed by atoms with van der Waals surface area (Å²) in [5.41, 5.74) is 0.396. The molecule has 0 spiro atoms. The van der Waals surface area contributed by atoms with Gasteiger partial charge in [-0.15, -0.1) is 0 Å². The van der Waals surface area contributed by atoms with Crippen molar-refractivity contribution < 1.29 is 18.9 Å². The minimum absolute atomic E-state index is 0.530. The molecule has 5 heteroatoms. The van der Waals surface area contributed by atoms with E-state index in [9.17, 15) is 14.4 Å². The predicted octanol–water partition coefficient (Wildman–Crippen LogP) is 7.35. The Bertz CT molecular complexity index is 703. The van der Waals surface area contributed by atoms with E-state index in [1.807, 2.05) is 60.7 Å². The van der Waals surface area contributed by atoms with Gasteiger partial charge in [-0.1, -0.05) is 125 Å². The van der Waals surface area contributed by atoms with Gasteiger partial charge < -0.3 is 9.79 Å². The lowest BCUT2D eigenvalue weighted by Crippen LogP contribution is -2.30. The fourth-order valence-electron chi connectivity index (χ4n) is 4.09. The number of phosphoric ester groups is 1. The molecule has 0 aliphatic rings. The standard InChI is InChI=1S/C25H37O4P/c1-2-3-4-5-6-7-8-9-10-17-22-25(29-30(26,27)28,23-18-13-11-14-19-23)24-20-15-12-16-21-24/h11-16,18-21H,2-10,17,22H2,1H3,(H2,26,27,28). The maximum Gasteiger partial charge on any atom is 0.470 e. The van der Waals surface area contributed by atoms with Gasteiger partial charge in [-0.05, 0) is 24.0 Å². The molecule has 0 aliphatic carbocycles. The summed E-state index contributed by atoms with van der Waals surface area (Å²) in [5, 5.41) is 0. The largest absolute Gasteiger partial charge is 0.470 e. The average molecular weight is 433 g/mol. The number of benzene rings is 2. The highest BCUT2D eigenvalue weighted by molar-refractivity contribution is 7.46. The van der Waals surface area contributed by atoms with Gasteiger partial charge in [0.25, 0.3) is 0 Å². The first-order valence-electron chi connectivity index (χ1n) is 11.4. The molecule has 0 aromatic heterocycles. The van der Waals surface area contributed by atoms with Crippen molar-refractivity contribution in [2.45, 2.75) is 83.2 Å². The highest BCUT2D eigenvalue weighted by Gasteiger charge is 2.40. The van der Waals surface area contributed by atoms with Crippen LogP contribution in [0.5, 0.6) is 0 Å². The zero-order valence-corrected chi connectivity index (χ0v) is 19.1. The normalized spacial score (nSPS) is 12.2. The third kappa shape index (κ3) is 8.35. The lowest BCUT2D eigenvalue weighted by atomic mass is 9.82. The molecule has 2 rings (SSSR count). The van der Waals surface area contributed by atoms with Crippen LogP contribution in [0.4, 0.5) is 0 Å². The number of hydrogen-bond acceptors (Lipinski definition) is 2. The summed E-state index contributed by atoms with van der Waals surface area (Å²) in [7, 11) is -4.70. The molecular formula is C25H37O4P. The van der Waals surface area contributed by atoms with Crippen LogP contribution in [0.1, 0.15) is 88.7 Å². The quantitative estimate of drug-likeness (QED) is 0.228. The highest BCUT2D eigenvalue weighted by Crippen LogP contribution is 2.51. The van der Waals surface area contributed by atoms with E-state index in [2.05, 4.69) is 6.92 Å². The first-order valence-corrected chi connectivity index (χ1v) is 12.9. The van der Waals surface area contributed by atoms with Crippen molar-refractivity contribution >= 4 is 7.82 Å². The highest BCUT2D eigenvalue weighted by atomic mass is 31.2. The molecule has 0 radical (unpaired) electrons. The van der Waals surface area contributed by atoms with Crippen molar-refractivity contribution in [2.75, 3.05) is 0 Å². The molecule has 2 aromatic carbocycles. The fraction of sp³-hybridized carbons (Fsp3) is 0.520. The molecular weight excluding hydrogens is 395 g/mol. The molecule has 0 heterocycles. The maximum absolute atomic E-state index is 11.9. The van der Waals surface area contributed by atoms with Crippen LogP contribution in [0, 0.1) is 0 Å². The first-order chi connectivity index (χ1) is 14.5. The van der Waals surface area contributed by atoms with Crippen molar-refractivity contribution in [2.24, 2.45) is 0 Å². The zero-order valence-electron chi connectivity index (χ0n) is 18.2. The molecule has 0 aliphatic heterocycles. The third-order valence-electron chi connectivity index (χ3n) is 5.64. The molecule has 0 fully saturated rings. The smallest absolute Gasteiger partial charge is 0.303 e. The Morgan fingerprint density at radius 1 is 0.700 bits per heavy atom. The van der Waals surface area contributed by atoms with Gasteiger partial charge in [0.2, 0.25) is 0 Å². The van der Waals surface area contributed by atoms with Crippen molar-refractivity contribution in [3.63, 3.8) is 0 Å². The van der Waals surface area contributed by atoms with E-state index in [-0.39, 0.29) is 0 Å². The van der Waals surface area contributed by atoms with Crippen molar-refractivity contribution in [3.8, 4) is 0 Å². The summed E-state index contributed by atoms with van der Waals surface area (Å²) >= 11 is 0. The summed E-state index contributed by atoms with van der Waals surface area (Å²) < 4.78 is 17.5. The van der Waals surface area contributed by atoms with Crippen LogP contribution in [0.2, 0.25) is 0 Å². The van der Waals surface area contributed by atoms with Crippen molar-refractivity contribution in [1.29, 1.82) is 0 Å². The third-order valence-corrected chi connectivity index (χ3v) is 6.19. The molecule has 2 N–H and O–H groups in total. The minimum Gasteiger partial charge on any atom is -0.303 e. The van der Waals surface area contributed by atoms with Gasteiger partial charge in [-0.3, -0.25) is 4.52 Å². The lowest BCUT2D eigenvalue weighted by molar-refractivity contribution is 0.0551. The van der Waals surface area contributed by atoms with Gasteiger partial charge in [-0.25, -0.2) is 4.57 Å². The van der Waals surface area contributed by atoms with Crippen molar-refractivity contribution in [1.82, 2.24) is 0 Å². The van der Waals surface area contributed by atoms with Crippen LogP contribution in [0.15, 0.2) is 60.7 Å². The van der Waals surface area contributed by atoms with Crippen LogP contribution in [-0.2, 0) is 14.7 Å². The minimum atomic E-state index is -4.70. The molecule has 0 saturated carbocycles. The maximum atomic E-state index is 11.9. The van der Waals surface area contributed by atoms with Gasteiger partial charge >= 0.3 is 7.82 Å². The van der Waals surface area contributed by atoms with E-state index in [1.165, 1.54) is 44.9 Å². The zero-order chi connectivity index (χ0) is 21.7. The summed E-state index contributed by atoms with van der Waals surface area (Å²) in [6.45, 7) is 2.24. The monoisotopic (exact) mass is 432 g/mol. The average Bonchev–Trinajstić information content (AvgIpc) is 2.74. The summed E-state index contributed by atoms with van der Waals surface area (Å²) in [5.74, 6) is 0. The number of phosphoric acid groups is 1. The van der Waals surface area contributed by atoms with E-state index < -0.39 is 13.4 Å². The molecule has 4 nitrogen and oxygen atoms in total. The van der Waals surface area contributed by atoms with E-state index in [4.69, 9.17) is 4.52 Å². The molecule has 0 unspecified atom stereocenters. The predicted molar refractivity (Wildman–Crippen MR) is 123 cm³/mol. The van der Waals surface area contributed by atoms with E-state index in [1.54, 1.807) is 0 Å². The Morgan fingerprint density at radius 3 is 1.50 bits per heavy atom. The van der Waals surface area contributed by atoms with Gasteiger partial charge in [0.15, 0.2) is 0 Å². The Hall–Kier alpha value is -1.45. The van der Waals surface area contributed by atoms with Crippen LogP contribution in [0.3, 0.4) is 0 Å². The molecule has 0 amide bonds. The Labute approximate surface area is 181 Å². The van der Waals surface area contributed by atoms with Gasteiger partial charge in [0.1, 0.15) is 5.60 Å². The van der Waals surface area contributed by atoms with Crippen molar-refractivity contribution in [3.05, 3.63) is 71.8 Å². The lowest BCUT2D eigenvalue weighted by Gasteiger charge is -2.35. The Morgan fingerprint density at radius 2 is 1.10 bits per heavy atom. The summed E-state index contributed by atoms with van der Waals surface area (Å²) in [4.78, 5) is 19.5. The Balaban J connectivity index is 2.03. The molecule has 166 valence electrons. The molecule has 0 bridgehead atoms. The number of unbranched alkanes of at least 4 members (excludes halogenated alkanes) is 9. The van der Waals surface area contributed by atoms with Gasteiger partial charge in [0, 0.05) is 0 Å². The fourth-order valence-corrected chi connectivity index (χ4v) is 4.79. The SMILES string of the molecule is CCCCCCCCCCCCC(OP(=O)(O)O)(c1ccccc1)c1ccccc1. The number of rotatable bonds is 15. The summed E-state index contributed by atoms with van der Waals surface area (Å²) in [6, 6.07) is 18.9. The van der Waals surface area contributed by atoms with E-state index in [0.717, 1.165) is 30.4 Å². The molecule has 0 saturated heterocycles.